The Morgan fingerprint density at radius 2 is 2.06 bits per heavy atom. The standard InChI is InChI=1S/C13H18N4/c1-8-4-5-11(6-9(8)2)7-12-15-13(10(3)14)17-16-12/h4-6,10H,7,14H2,1-3H3,(H,15,16,17). The fourth-order valence-corrected chi connectivity index (χ4v) is 1.70. The van der Waals surface area contributed by atoms with Crippen molar-refractivity contribution in [3.8, 4) is 0 Å². The number of nitrogens with one attached hydrogen (secondary N) is 1. The molecule has 0 radical (unpaired) electrons. The van der Waals surface area contributed by atoms with Crippen molar-refractivity contribution in [1.29, 1.82) is 0 Å². The molecule has 0 aliphatic rings. The first-order chi connectivity index (χ1) is 8.06. The predicted octanol–water partition coefficient (Wildman–Crippen LogP) is 2.03. The number of hydrogen-bond donors (Lipinski definition) is 2. The van der Waals surface area contributed by atoms with Crippen LogP contribution in [0.5, 0.6) is 0 Å². The lowest BCUT2D eigenvalue weighted by molar-refractivity contribution is 0.744. The SMILES string of the molecule is Cc1ccc(Cc2nc(C(C)N)n[nH]2)cc1C. The van der Waals surface area contributed by atoms with Gasteiger partial charge in [-0.1, -0.05) is 18.2 Å². The Balaban J connectivity index is 2.16. The van der Waals surface area contributed by atoms with Crippen LogP contribution in [0.4, 0.5) is 0 Å². The number of nitrogens with zero attached hydrogens (tertiary/aromatic N) is 2. The highest BCUT2D eigenvalue weighted by molar-refractivity contribution is 5.31. The smallest absolute Gasteiger partial charge is 0.167 e. The van der Waals surface area contributed by atoms with Crippen molar-refractivity contribution in [1.82, 2.24) is 15.2 Å². The molecule has 0 saturated heterocycles. The van der Waals surface area contributed by atoms with E-state index in [0.29, 0.717) is 5.82 Å². The van der Waals surface area contributed by atoms with Crippen molar-refractivity contribution < 1.29 is 0 Å². The molecule has 1 heterocycles. The molecule has 90 valence electrons. The minimum Gasteiger partial charge on any atom is -0.321 e. The van der Waals surface area contributed by atoms with Crippen molar-refractivity contribution in [2.45, 2.75) is 33.2 Å². The van der Waals surface area contributed by atoms with Gasteiger partial charge in [0, 0.05) is 6.42 Å². The number of aromatic nitrogens is 3. The number of rotatable bonds is 3. The molecule has 0 aliphatic heterocycles. The maximum Gasteiger partial charge on any atom is 0.167 e. The molecule has 1 atom stereocenters. The minimum atomic E-state index is -0.125. The molecule has 0 amide bonds. The number of aryl methyl sites for hydroxylation is 2. The van der Waals surface area contributed by atoms with Gasteiger partial charge in [0.25, 0.3) is 0 Å². The number of aromatic amines is 1. The van der Waals surface area contributed by atoms with Crippen LogP contribution in [0.15, 0.2) is 18.2 Å². The lowest BCUT2D eigenvalue weighted by Crippen LogP contribution is -2.06. The molecule has 2 rings (SSSR count). The zero-order valence-electron chi connectivity index (χ0n) is 10.5. The van der Waals surface area contributed by atoms with Crippen LogP contribution in [-0.2, 0) is 6.42 Å². The number of H-pyrrole nitrogens is 1. The number of hydrogen-bond acceptors (Lipinski definition) is 3. The lowest BCUT2D eigenvalue weighted by atomic mass is 10.0. The average molecular weight is 230 g/mol. The van der Waals surface area contributed by atoms with Crippen LogP contribution >= 0.6 is 0 Å². The van der Waals surface area contributed by atoms with Crippen molar-refractivity contribution in [3.05, 3.63) is 46.5 Å². The average Bonchev–Trinajstić information content (AvgIpc) is 2.72. The topological polar surface area (TPSA) is 67.6 Å². The van der Waals surface area contributed by atoms with Crippen LogP contribution in [0.1, 0.15) is 41.3 Å². The molecule has 0 aliphatic carbocycles. The Morgan fingerprint density at radius 1 is 1.29 bits per heavy atom. The minimum absolute atomic E-state index is 0.125. The summed E-state index contributed by atoms with van der Waals surface area (Å²) in [6.07, 6.45) is 0.765. The molecule has 17 heavy (non-hydrogen) atoms. The van der Waals surface area contributed by atoms with E-state index in [1.165, 1.54) is 16.7 Å². The van der Waals surface area contributed by atoms with E-state index >= 15 is 0 Å². The largest absolute Gasteiger partial charge is 0.321 e. The summed E-state index contributed by atoms with van der Waals surface area (Å²) >= 11 is 0. The van der Waals surface area contributed by atoms with E-state index in [1.54, 1.807) is 0 Å². The van der Waals surface area contributed by atoms with E-state index in [2.05, 4.69) is 47.2 Å². The van der Waals surface area contributed by atoms with Crippen LogP contribution < -0.4 is 5.73 Å². The quantitative estimate of drug-likeness (QED) is 0.847. The summed E-state index contributed by atoms with van der Waals surface area (Å²) < 4.78 is 0. The Kier molecular flexibility index (Phi) is 3.24. The third kappa shape index (κ3) is 2.71. The van der Waals surface area contributed by atoms with Crippen LogP contribution in [0.2, 0.25) is 0 Å². The van der Waals surface area contributed by atoms with E-state index in [9.17, 15) is 0 Å². The Hall–Kier alpha value is -1.68. The van der Waals surface area contributed by atoms with Crippen molar-refractivity contribution in [2.75, 3.05) is 0 Å². The van der Waals surface area contributed by atoms with E-state index in [-0.39, 0.29) is 6.04 Å². The van der Waals surface area contributed by atoms with Crippen molar-refractivity contribution >= 4 is 0 Å². The van der Waals surface area contributed by atoms with Crippen molar-refractivity contribution in [3.63, 3.8) is 0 Å². The second-order valence-corrected chi connectivity index (χ2v) is 4.52. The summed E-state index contributed by atoms with van der Waals surface area (Å²) in [5, 5.41) is 7.02. The highest BCUT2D eigenvalue weighted by Gasteiger charge is 2.07. The molecular weight excluding hydrogens is 212 g/mol. The summed E-state index contributed by atoms with van der Waals surface area (Å²) in [6, 6.07) is 6.31. The van der Waals surface area contributed by atoms with Gasteiger partial charge in [-0.15, -0.1) is 0 Å². The zero-order valence-corrected chi connectivity index (χ0v) is 10.5. The molecule has 4 nitrogen and oxygen atoms in total. The molecule has 3 N–H and O–H groups in total. The molecular formula is C13H18N4. The second kappa shape index (κ2) is 4.67. The summed E-state index contributed by atoms with van der Waals surface area (Å²) in [4.78, 5) is 4.37. The third-order valence-corrected chi connectivity index (χ3v) is 2.90. The lowest BCUT2D eigenvalue weighted by Gasteiger charge is -2.03. The van der Waals surface area contributed by atoms with E-state index < -0.39 is 0 Å². The molecule has 0 saturated carbocycles. The van der Waals surface area contributed by atoms with Gasteiger partial charge in [0.2, 0.25) is 0 Å². The van der Waals surface area contributed by atoms with Gasteiger partial charge in [0.1, 0.15) is 5.82 Å². The first kappa shape index (κ1) is 11.8. The molecule has 1 aromatic carbocycles. The molecule has 0 bridgehead atoms. The fraction of sp³-hybridized carbons (Fsp3) is 0.385. The molecule has 0 fully saturated rings. The maximum atomic E-state index is 5.72. The van der Waals surface area contributed by atoms with Gasteiger partial charge in [-0.05, 0) is 37.5 Å². The Labute approximate surface area is 101 Å². The molecule has 1 unspecified atom stereocenters. The first-order valence-corrected chi connectivity index (χ1v) is 5.79. The first-order valence-electron chi connectivity index (χ1n) is 5.79. The fourth-order valence-electron chi connectivity index (χ4n) is 1.70. The molecule has 4 heteroatoms. The monoisotopic (exact) mass is 230 g/mol. The van der Waals surface area contributed by atoms with Gasteiger partial charge in [-0.2, -0.15) is 5.10 Å². The molecule has 2 aromatic rings. The maximum absolute atomic E-state index is 5.72. The van der Waals surface area contributed by atoms with E-state index in [1.807, 2.05) is 6.92 Å². The van der Waals surface area contributed by atoms with Crippen LogP contribution in [0.25, 0.3) is 0 Å². The van der Waals surface area contributed by atoms with E-state index in [0.717, 1.165) is 12.2 Å². The predicted molar refractivity (Wildman–Crippen MR) is 67.7 cm³/mol. The van der Waals surface area contributed by atoms with Gasteiger partial charge < -0.3 is 5.73 Å². The third-order valence-electron chi connectivity index (χ3n) is 2.90. The van der Waals surface area contributed by atoms with Crippen molar-refractivity contribution in [2.24, 2.45) is 5.73 Å². The van der Waals surface area contributed by atoms with Gasteiger partial charge in [0.15, 0.2) is 5.82 Å². The molecule has 1 aromatic heterocycles. The van der Waals surface area contributed by atoms with Gasteiger partial charge in [-0.3, -0.25) is 5.10 Å². The summed E-state index contributed by atoms with van der Waals surface area (Å²) in [5.74, 6) is 1.53. The van der Waals surface area contributed by atoms with Gasteiger partial charge in [-0.25, -0.2) is 4.98 Å². The summed E-state index contributed by atoms with van der Waals surface area (Å²) in [7, 11) is 0. The Bertz CT molecular complexity index is 514. The van der Waals surface area contributed by atoms with Gasteiger partial charge in [0.05, 0.1) is 6.04 Å². The summed E-state index contributed by atoms with van der Waals surface area (Å²) in [6.45, 7) is 6.11. The van der Waals surface area contributed by atoms with E-state index in [4.69, 9.17) is 5.73 Å². The normalized spacial score (nSPS) is 12.7. The van der Waals surface area contributed by atoms with Crippen LogP contribution in [0.3, 0.4) is 0 Å². The van der Waals surface area contributed by atoms with Crippen LogP contribution in [-0.4, -0.2) is 15.2 Å². The molecule has 0 spiro atoms. The van der Waals surface area contributed by atoms with Crippen LogP contribution in [0, 0.1) is 13.8 Å². The van der Waals surface area contributed by atoms with Gasteiger partial charge >= 0.3 is 0 Å². The highest BCUT2D eigenvalue weighted by atomic mass is 15.2. The number of benzene rings is 1. The zero-order chi connectivity index (χ0) is 12.4. The summed E-state index contributed by atoms with van der Waals surface area (Å²) in [5.41, 5.74) is 9.56. The highest BCUT2D eigenvalue weighted by Crippen LogP contribution is 2.13. The Morgan fingerprint density at radius 3 is 2.65 bits per heavy atom. The second-order valence-electron chi connectivity index (χ2n) is 4.52. The number of nitrogens with two attached hydrogens (primary N) is 1.